The first-order valence-corrected chi connectivity index (χ1v) is 8.01. The monoisotopic (exact) mass is 344 g/mol. The summed E-state index contributed by atoms with van der Waals surface area (Å²) in [7, 11) is 0. The van der Waals surface area contributed by atoms with Crippen LogP contribution in [0.4, 0.5) is 17.3 Å². The zero-order chi connectivity index (χ0) is 18.0. The third-order valence-electron chi connectivity index (χ3n) is 3.86. The second-order valence-electron chi connectivity index (χ2n) is 5.89. The van der Waals surface area contributed by atoms with Crippen LogP contribution in [0, 0.1) is 0 Å². The molecular weight excluding hydrogens is 324 g/mol. The van der Waals surface area contributed by atoms with Gasteiger partial charge in [0.15, 0.2) is 11.5 Å². The van der Waals surface area contributed by atoms with Crippen molar-refractivity contribution in [2.24, 2.45) is 11.5 Å². The Morgan fingerprint density at radius 1 is 1.36 bits per heavy atom. The number of nitrogens with zero attached hydrogens (tertiary/aromatic N) is 4. The van der Waals surface area contributed by atoms with Crippen molar-refractivity contribution in [3.05, 3.63) is 24.3 Å². The first-order chi connectivity index (χ1) is 12.0. The fraction of sp³-hybridized carbons (Fsp3) is 0.400. The highest BCUT2D eigenvalue weighted by Gasteiger charge is 2.24. The largest absolute Gasteiger partial charge is 0.368 e. The van der Waals surface area contributed by atoms with Gasteiger partial charge >= 0.3 is 0 Å². The molecule has 0 aromatic carbocycles. The van der Waals surface area contributed by atoms with Crippen molar-refractivity contribution < 1.29 is 9.59 Å². The van der Waals surface area contributed by atoms with E-state index in [4.69, 9.17) is 11.5 Å². The van der Waals surface area contributed by atoms with E-state index in [2.05, 4.69) is 25.7 Å². The number of primary amides is 2. The number of hydrogen-bond donors (Lipinski definition) is 4. The lowest BCUT2D eigenvalue weighted by molar-refractivity contribution is -0.118. The maximum atomic E-state index is 11.6. The molecule has 10 heteroatoms. The fourth-order valence-electron chi connectivity index (χ4n) is 2.36. The summed E-state index contributed by atoms with van der Waals surface area (Å²) in [6.07, 6.45) is 7.53. The van der Waals surface area contributed by atoms with E-state index in [0.29, 0.717) is 24.0 Å². The molecule has 0 radical (unpaired) electrons. The van der Waals surface area contributed by atoms with E-state index in [0.717, 1.165) is 12.8 Å². The smallest absolute Gasteiger partial charge is 0.271 e. The van der Waals surface area contributed by atoms with Crippen LogP contribution in [-0.4, -0.2) is 37.6 Å². The Bertz CT molecular complexity index is 799. The lowest BCUT2D eigenvalue weighted by atomic mass is 10.2. The van der Waals surface area contributed by atoms with Crippen molar-refractivity contribution in [2.45, 2.75) is 38.3 Å². The lowest BCUT2D eigenvalue weighted by Crippen LogP contribution is -2.35. The van der Waals surface area contributed by atoms with E-state index in [1.54, 1.807) is 6.20 Å². The van der Waals surface area contributed by atoms with Gasteiger partial charge in [-0.25, -0.2) is 9.97 Å². The minimum atomic E-state index is -0.710. The van der Waals surface area contributed by atoms with Crippen molar-refractivity contribution in [1.29, 1.82) is 0 Å². The standard InChI is InChI=1S/C15H20N8O2/c1-2-10(13(16)24)21-11-6-18-12(14(17)25)15(22-11)20-8-5-19-23(7-8)9-3-4-9/h5-7,9-10H,2-4H2,1H3,(H2,16,24)(H2,17,25)(H2,20,21,22). The van der Waals surface area contributed by atoms with Gasteiger partial charge in [-0.1, -0.05) is 6.92 Å². The predicted molar refractivity (Wildman–Crippen MR) is 91.2 cm³/mol. The normalized spacial score (nSPS) is 14.8. The Morgan fingerprint density at radius 3 is 2.72 bits per heavy atom. The minimum absolute atomic E-state index is 0.00292. The molecule has 2 amide bonds. The maximum absolute atomic E-state index is 11.6. The van der Waals surface area contributed by atoms with Crippen LogP contribution in [0.15, 0.2) is 18.6 Å². The molecule has 2 aromatic heterocycles. The number of carbonyl (C=O) groups excluding carboxylic acids is 2. The highest BCUT2D eigenvalue weighted by atomic mass is 16.1. The minimum Gasteiger partial charge on any atom is -0.368 e. The van der Waals surface area contributed by atoms with E-state index in [1.165, 1.54) is 6.20 Å². The van der Waals surface area contributed by atoms with E-state index in [9.17, 15) is 9.59 Å². The molecule has 1 atom stereocenters. The molecule has 0 aliphatic heterocycles. The fourth-order valence-corrected chi connectivity index (χ4v) is 2.36. The number of aromatic nitrogens is 4. The van der Waals surface area contributed by atoms with Crippen LogP contribution >= 0.6 is 0 Å². The Hall–Kier alpha value is -3.17. The molecule has 132 valence electrons. The number of carbonyl (C=O) groups is 2. The Morgan fingerprint density at radius 2 is 2.12 bits per heavy atom. The molecule has 1 aliphatic rings. The second-order valence-corrected chi connectivity index (χ2v) is 5.89. The first-order valence-electron chi connectivity index (χ1n) is 8.01. The summed E-state index contributed by atoms with van der Waals surface area (Å²) in [5, 5.41) is 10.2. The molecule has 1 unspecified atom stereocenters. The molecule has 25 heavy (non-hydrogen) atoms. The van der Waals surface area contributed by atoms with Gasteiger partial charge in [0.05, 0.1) is 24.1 Å². The van der Waals surface area contributed by atoms with Gasteiger partial charge in [-0.2, -0.15) is 5.10 Å². The number of anilines is 3. The molecule has 0 bridgehead atoms. The summed E-state index contributed by atoms with van der Waals surface area (Å²) in [6.45, 7) is 1.82. The zero-order valence-corrected chi connectivity index (χ0v) is 13.8. The summed E-state index contributed by atoms with van der Waals surface area (Å²) < 4.78 is 1.86. The van der Waals surface area contributed by atoms with Crippen LogP contribution in [0.25, 0.3) is 0 Å². The van der Waals surface area contributed by atoms with E-state index < -0.39 is 17.9 Å². The lowest BCUT2D eigenvalue weighted by Gasteiger charge is -2.15. The van der Waals surface area contributed by atoms with Crippen LogP contribution in [0.1, 0.15) is 42.7 Å². The first kappa shape index (κ1) is 16.7. The van der Waals surface area contributed by atoms with Crippen molar-refractivity contribution in [3.63, 3.8) is 0 Å². The Labute approximate surface area is 144 Å². The summed E-state index contributed by atoms with van der Waals surface area (Å²) >= 11 is 0. The molecule has 1 saturated carbocycles. The number of nitrogens with one attached hydrogen (secondary N) is 2. The molecule has 6 N–H and O–H groups in total. The molecule has 3 rings (SSSR count). The Balaban J connectivity index is 1.84. The van der Waals surface area contributed by atoms with Gasteiger partial charge in [0.25, 0.3) is 5.91 Å². The van der Waals surface area contributed by atoms with Crippen molar-refractivity contribution in [1.82, 2.24) is 19.7 Å². The van der Waals surface area contributed by atoms with E-state index in [-0.39, 0.29) is 11.5 Å². The summed E-state index contributed by atoms with van der Waals surface area (Å²) in [5.41, 5.74) is 11.3. The summed E-state index contributed by atoms with van der Waals surface area (Å²) in [5.74, 6) is -0.707. The van der Waals surface area contributed by atoms with E-state index in [1.807, 2.05) is 17.8 Å². The molecule has 1 fully saturated rings. The van der Waals surface area contributed by atoms with E-state index >= 15 is 0 Å². The number of nitrogens with two attached hydrogens (primary N) is 2. The van der Waals surface area contributed by atoms with Crippen molar-refractivity contribution in [3.8, 4) is 0 Å². The van der Waals surface area contributed by atoms with Crippen molar-refractivity contribution in [2.75, 3.05) is 10.6 Å². The molecule has 0 spiro atoms. The van der Waals surface area contributed by atoms with Crippen LogP contribution in [0.5, 0.6) is 0 Å². The van der Waals surface area contributed by atoms with Gasteiger partial charge in [0.2, 0.25) is 5.91 Å². The molecule has 1 aliphatic carbocycles. The van der Waals surface area contributed by atoms with Gasteiger partial charge < -0.3 is 22.1 Å². The maximum Gasteiger partial charge on any atom is 0.271 e. The van der Waals surface area contributed by atoms with Gasteiger partial charge in [0, 0.05) is 6.20 Å². The summed E-state index contributed by atoms with van der Waals surface area (Å²) in [6, 6.07) is -0.148. The van der Waals surface area contributed by atoms with Gasteiger partial charge in [0.1, 0.15) is 11.9 Å². The molecule has 10 nitrogen and oxygen atoms in total. The van der Waals surface area contributed by atoms with Crippen LogP contribution in [0.2, 0.25) is 0 Å². The highest BCUT2D eigenvalue weighted by Crippen LogP contribution is 2.34. The van der Waals surface area contributed by atoms with Crippen LogP contribution in [0.3, 0.4) is 0 Å². The van der Waals surface area contributed by atoms with Gasteiger partial charge in [-0.15, -0.1) is 0 Å². The Kier molecular flexibility index (Phi) is 4.50. The highest BCUT2D eigenvalue weighted by molar-refractivity contribution is 5.96. The third-order valence-corrected chi connectivity index (χ3v) is 3.86. The number of amides is 2. The molecular formula is C15H20N8O2. The zero-order valence-electron chi connectivity index (χ0n) is 13.8. The average Bonchev–Trinajstić information content (AvgIpc) is 3.32. The molecule has 2 aromatic rings. The average molecular weight is 344 g/mol. The molecule has 0 saturated heterocycles. The third kappa shape index (κ3) is 3.84. The number of hydrogen-bond acceptors (Lipinski definition) is 7. The summed E-state index contributed by atoms with van der Waals surface area (Å²) in [4.78, 5) is 31.3. The topological polar surface area (TPSA) is 154 Å². The number of rotatable bonds is 8. The van der Waals surface area contributed by atoms with Gasteiger partial charge in [-0.05, 0) is 19.3 Å². The second kappa shape index (κ2) is 6.75. The van der Waals surface area contributed by atoms with Crippen LogP contribution in [-0.2, 0) is 4.79 Å². The van der Waals surface area contributed by atoms with Gasteiger partial charge in [-0.3, -0.25) is 14.3 Å². The van der Waals surface area contributed by atoms with Crippen LogP contribution < -0.4 is 22.1 Å². The predicted octanol–water partition coefficient (Wildman–Crippen LogP) is 0.526. The van der Waals surface area contributed by atoms with Crippen molar-refractivity contribution >= 4 is 29.1 Å². The SMILES string of the molecule is CCC(Nc1cnc(C(N)=O)c(Nc2cnn(C3CC3)c2)n1)C(N)=O. The molecule has 2 heterocycles. The quantitative estimate of drug-likeness (QED) is 0.544.